The molecule has 0 radical (unpaired) electrons. The Labute approximate surface area is 143 Å². The lowest BCUT2D eigenvalue weighted by molar-refractivity contribution is 0.0742. The van der Waals surface area contributed by atoms with Crippen LogP contribution < -0.4 is 4.90 Å². The molecule has 2 fully saturated rings. The van der Waals surface area contributed by atoms with Crippen LogP contribution in [0.4, 0.5) is 5.69 Å². The Hall–Kier alpha value is -1.63. The highest BCUT2D eigenvalue weighted by Crippen LogP contribution is 2.23. The highest BCUT2D eigenvalue weighted by Gasteiger charge is 2.33. The van der Waals surface area contributed by atoms with Gasteiger partial charge >= 0.3 is 0 Å². The number of carbonyl (C=O) groups excluding carboxylic acids is 1. The Bertz CT molecular complexity index is 702. The number of pyridine rings is 1. The number of rotatable bonds is 3. The van der Waals surface area contributed by atoms with E-state index in [1.54, 1.807) is 19.3 Å². The molecule has 3 rings (SSSR count). The summed E-state index contributed by atoms with van der Waals surface area (Å²) in [5.74, 6) is 0.680. The molecule has 0 N–H and O–H groups in total. The Kier molecular flexibility index (Phi) is 4.80. The fourth-order valence-electron chi connectivity index (χ4n) is 3.55. The highest BCUT2D eigenvalue weighted by molar-refractivity contribution is 7.91. The summed E-state index contributed by atoms with van der Waals surface area (Å²) in [5.41, 5.74) is 1.42. The fourth-order valence-corrected chi connectivity index (χ4v) is 5.33. The van der Waals surface area contributed by atoms with E-state index in [1.807, 2.05) is 6.07 Å². The lowest BCUT2D eigenvalue weighted by Crippen LogP contribution is -2.38. The van der Waals surface area contributed by atoms with Crippen molar-refractivity contribution in [1.82, 2.24) is 9.88 Å². The quantitative estimate of drug-likeness (QED) is 0.827. The third-order valence-corrected chi connectivity index (χ3v) is 6.82. The first kappa shape index (κ1) is 17.2. The van der Waals surface area contributed by atoms with Gasteiger partial charge in [-0.15, -0.1) is 0 Å². The predicted molar refractivity (Wildman–Crippen MR) is 94.0 cm³/mol. The Balaban J connectivity index is 1.67. The molecule has 2 aliphatic rings. The Morgan fingerprint density at radius 1 is 1.33 bits per heavy atom. The minimum Gasteiger partial charge on any atom is -0.370 e. The van der Waals surface area contributed by atoms with E-state index in [0.717, 1.165) is 18.8 Å². The zero-order valence-corrected chi connectivity index (χ0v) is 15.1. The lowest BCUT2D eigenvalue weighted by Gasteiger charge is -2.32. The van der Waals surface area contributed by atoms with Gasteiger partial charge in [0.1, 0.15) is 5.69 Å². The fraction of sp³-hybridized carbons (Fsp3) is 0.647. The molecule has 0 bridgehead atoms. The number of hydrogen-bond donors (Lipinski definition) is 0. The minimum atomic E-state index is -3.00. The van der Waals surface area contributed by atoms with Crippen LogP contribution in [0.25, 0.3) is 0 Å². The van der Waals surface area contributed by atoms with Gasteiger partial charge in [0, 0.05) is 26.2 Å². The zero-order chi connectivity index (χ0) is 17.3. The average molecular weight is 351 g/mol. The van der Waals surface area contributed by atoms with E-state index >= 15 is 0 Å². The molecule has 2 atom stereocenters. The standard InChI is InChI=1S/C17H25N3O3S/c1-13-4-3-8-20(11-13)14-5-6-16(18-10-14)17(21)19(2)15-7-9-24(22,23)12-15/h5-6,10,13,15H,3-4,7-9,11-12H2,1-2H3. The first-order valence-corrected chi connectivity index (χ1v) is 10.4. The summed E-state index contributed by atoms with van der Waals surface area (Å²) < 4.78 is 23.2. The molecule has 3 heterocycles. The van der Waals surface area contributed by atoms with E-state index < -0.39 is 9.84 Å². The topological polar surface area (TPSA) is 70.6 Å². The molecule has 7 heteroatoms. The van der Waals surface area contributed by atoms with Crippen LogP contribution in [0.5, 0.6) is 0 Å². The molecule has 2 aliphatic heterocycles. The van der Waals surface area contributed by atoms with Crippen LogP contribution in [0.2, 0.25) is 0 Å². The molecule has 132 valence electrons. The largest absolute Gasteiger partial charge is 0.370 e. The van der Waals surface area contributed by atoms with Crippen molar-refractivity contribution in [1.29, 1.82) is 0 Å². The second-order valence-electron chi connectivity index (χ2n) is 7.07. The highest BCUT2D eigenvalue weighted by atomic mass is 32.2. The van der Waals surface area contributed by atoms with Crippen LogP contribution >= 0.6 is 0 Å². The molecule has 0 saturated carbocycles. The van der Waals surface area contributed by atoms with Crippen LogP contribution in [-0.2, 0) is 9.84 Å². The molecule has 6 nitrogen and oxygen atoms in total. The number of anilines is 1. The van der Waals surface area contributed by atoms with Crippen molar-refractivity contribution in [2.75, 3.05) is 36.5 Å². The molecule has 0 aromatic carbocycles. The molecule has 0 aliphatic carbocycles. The second-order valence-corrected chi connectivity index (χ2v) is 9.30. The predicted octanol–water partition coefficient (Wildman–Crippen LogP) is 1.58. The number of sulfone groups is 1. The van der Waals surface area contributed by atoms with E-state index in [9.17, 15) is 13.2 Å². The van der Waals surface area contributed by atoms with Crippen molar-refractivity contribution < 1.29 is 13.2 Å². The average Bonchev–Trinajstić information content (AvgIpc) is 2.93. The maximum Gasteiger partial charge on any atom is 0.272 e. The van der Waals surface area contributed by atoms with Crippen molar-refractivity contribution >= 4 is 21.4 Å². The smallest absolute Gasteiger partial charge is 0.272 e. The van der Waals surface area contributed by atoms with Gasteiger partial charge in [0.05, 0.1) is 23.4 Å². The van der Waals surface area contributed by atoms with E-state index in [0.29, 0.717) is 18.0 Å². The molecular formula is C17H25N3O3S. The summed E-state index contributed by atoms with van der Waals surface area (Å²) in [4.78, 5) is 20.7. The van der Waals surface area contributed by atoms with Crippen LogP contribution in [0.15, 0.2) is 18.3 Å². The number of aromatic nitrogens is 1. The Morgan fingerprint density at radius 2 is 2.12 bits per heavy atom. The third kappa shape index (κ3) is 3.71. The van der Waals surface area contributed by atoms with Crippen molar-refractivity contribution in [3.05, 3.63) is 24.0 Å². The summed E-state index contributed by atoms with van der Waals surface area (Å²) >= 11 is 0. The summed E-state index contributed by atoms with van der Waals surface area (Å²) in [7, 11) is -1.34. The maximum atomic E-state index is 12.5. The van der Waals surface area contributed by atoms with Gasteiger partial charge in [-0.3, -0.25) is 4.79 Å². The first-order valence-electron chi connectivity index (χ1n) is 8.54. The zero-order valence-electron chi connectivity index (χ0n) is 14.3. The van der Waals surface area contributed by atoms with Crippen molar-refractivity contribution in [2.45, 2.75) is 32.2 Å². The van der Waals surface area contributed by atoms with E-state index in [2.05, 4.69) is 16.8 Å². The number of piperidine rings is 1. The van der Waals surface area contributed by atoms with Crippen LogP contribution in [0.1, 0.15) is 36.7 Å². The van der Waals surface area contributed by atoms with Gasteiger partial charge in [-0.1, -0.05) is 6.92 Å². The van der Waals surface area contributed by atoms with Gasteiger partial charge < -0.3 is 9.80 Å². The van der Waals surface area contributed by atoms with E-state index in [1.165, 1.54) is 17.7 Å². The van der Waals surface area contributed by atoms with Gasteiger partial charge in [-0.05, 0) is 37.3 Å². The maximum absolute atomic E-state index is 12.5. The molecule has 1 aromatic heterocycles. The summed E-state index contributed by atoms with van der Waals surface area (Å²) in [5, 5.41) is 0. The van der Waals surface area contributed by atoms with Crippen molar-refractivity contribution in [3.63, 3.8) is 0 Å². The summed E-state index contributed by atoms with van der Waals surface area (Å²) in [6.07, 6.45) is 4.70. The number of carbonyl (C=O) groups is 1. The van der Waals surface area contributed by atoms with Crippen molar-refractivity contribution in [2.24, 2.45) is 5.92 Å². The molecule has 2 unspecified atom stereocenters. The molecule has 1 amide bonds. The number of nitrogens with zero attached hydrogens (tertiary/aromatic N) is 3. The van der Waals surface area contributed by atoms with E-state index in [-0.39, 0.29) is 23.5 Å². The molecule has 1 aromatic rings. The monoisotopic (exact) mass is 351 g/mol. The van der Waals surface area contributed by atoms with Gasteiger partial charge in [0.2, 0.25) is 0 Å². The third-order valence-electron chi connectivity index (χ3n) is 5.07. The van der Waals surface area contributed by atoms with Gasteiger partial charge in [0.15, 0.2) is 9.84 Å². The second kappa shape index (κ2) is 6.70. The molecule has 0 spiro atoms. The van der Waals surface area contributed by atoms with Crippen LogP contribution in [0, 0.1) is 5.92 Å². The van der Waals surface area contributed by atoms with Crippen molar-refractivity contribution in [3.8, 4) is 0 Å². The summed E-state index contributed by atoms with van der Waals surface area (Å²) in [6, 6.07) is 3.45. The van der Waals surface area contributed by atoms with E-state index in [4.69, 9.17) is 0 Å². The first-order chi connectivity index (χ1) is 11.4. The molecule has 2 saturated heterocycles. The summed E-state index contributed by atoms with van der Waals surface area (Å²) in [6.45, 7) is 4.30. The number of amides is 1. The molecule has 24 heavy (non-hydrogen) atoms. The van der Waals surface area contributed by atoms with Crippen LogP contribution in [-0.4, -0.2) is 61.9 Å². The lowest BCUT2D eigenvalue weighted by atomic mass is 10.00. The minimum absolute atomic E-state index is 0.0546. The number of hydrogen-bond acceptors (Lipinski definition) is 5. The molecular weight excluding hydrogens is 326 g/mol. The SMILES string of the molecule is CC1CCCN(c2ccc(C(=O)N(C)C3CCS(=O)(=O)C3)nc2)C1. The Morgan fingerprint density at radius 3 is 2.71 bits per heavy atom. The van der Waals surface area contributed by atoms with Gasteiger partial charge in [-0.2, -0.15) is 0 Å². The van der Waals surface area contributed by atoms with Gasteiger partial charge in [-0.25, -0.2) is 13.4 Å². The normalized spacial score (nSPS) is 26.3. The van der Waals surface area contributed by atoms with Crippen LogP contribution in [0.3, 0.4) is 0 Å². The van der Waals surface area contributed by atoms with Gasteiger partial charge in [0.25, 0.3) is 5.91 Å².